The van der Waals surface area contributed by atoms with Crippen molar-refractivity contribution in [2.24, 2.45) is 0 Å². The Kier molecular flexibility index (Phi) is 6.90. The van der Waals surface area contributed by atoms with Gasteiger partial charge in [0, 0.05) is 48.2 Å². The van der Waals surface area contributed by atoms with Crippen molar-refractivity contribution in [3.63, 3.8) is 0 Å². The van der Waals surface area contributed by atoms with Crippen LogP contribution in [-0.2, 0) is 19.5 Å². The van der Waals surface area contributed by atoms with Crippen LogP contribution < -0.4 is 5.43 Å². The largest absolute Gasteiger partial charge is 0.346 e. The highest BCUT2D eigenvalue weighted by Crippen LogP contribution is 2.21. The summed E-state index contributed by atoms with van der Waals surface area (Å²) in [6.07, 6.45) is 3.02. The zero-order chi connectivity index (χ0) is 21.1. The lowest BCUT2D eigenvalue weighted by molar-refractivity contribution is 0.0781. The minimum absolute atomic E-state index is 0.179. The molecule has 1 atom stereocenters. The summed E-state index contributed by atoms with van der Waals surface area (Å²) in [5.41, 5.74) is 2.88. The van der Waals surface area contributed by atoms with Crippen LogP contribution in [0, 0.1) is 13.8 Å². The molecule has 1 amide bonds. The molecule has 0 aliphatic carbocycles. The number of likely N-dealkylation sites (N-methyl/N-ethyl adjacent to an activating group) is 1. The first-order valence-corrected chi connectivity index (χ1v) is 11.4. The zero-order valence-electron chi connectivity index (χ0n) is 18.2. The average Bonchev–Trinajstić information content (AvgIpc) is 3.31. The number of nitrogens with zero attached hydrogens (tertiary/aromatic N) is 4. The van der Waals surface area contributed by atoms with E-state index in [2.05, 4.69) is 21.4 Å². The molecule has 1 fully saturated rings. The number of amides is 1. The fraction of sp³-hybridized carbons (Fsp3) is 0.591. The van der Waals surface area contributed by atoms with E-state index in [0.29, 0.717) is 24.6 Å². The molecule has 7 heteroatoms. The van der Waals surface area contributed by atoms with Crippen molar-refractivity contribution >= 4 is 17.2 Å². The molecule has 158 valence electrons. The van der Waals surface area contributed by atoms with Gasteiger partial charge >= 0.3 is 0 Å². The van der Waals surface area contributed by atoms with Gasteiger partial charge in [0.15, 0.2) is 5.43 Å². The molecule has 3 heterocycles. The average molecular weight is 417 g/mol. The van der Waals surface area contributed by atoms with Crippen LogP contribution in [0.2, 0.25) is 0 Å². The first kappa shape index (κ1) is 21.7. The van der Waals surface area contributed by atoms with Crippen LogP contribution in [0.1, 0.15) is 59.1 Å². The first-order valence-electron chi connectivity index (χ1n) is 10.5. The quantitative estimate of drug-likeness (QED) is 0.695. The minimum atomic E-state index is -0.216. The van der Waals surface area contributed by atoms with E-state index in [1.54, 1.807) is 29.4 Å². The Balaban J connectivity index is 1.93. The van der Waals surface area contributed by atoms with Crippen LogP contribution in [0.25, 0.3) is 0 Å². The Morgan fingerprint density at radius 1 is 1.34 bits per heavy atom. The second kappa shape index (κ2) is 9.22. The molecule has 3 rings (SSSR count). The lowest BCUT2D eigenvalue weighted by Gasteiger charge is -2.28. The third-order valence-electron chi connectivity index (χ3n) is 5.86. The van der Waals surface area contributed by atoms with Crippen LogP contribution in [-0.4, -0.2) is 51.4 Å². The summed E-state index contributed by atoms with van der Waals surface area (Å²) < 4.78 is 2.20. The predicted octanol–water partition coefficient (Wildman–Crippen LogP) is 3.24. The number of thiazole rings is 1. The maximum Gasteiger partial charge on any atom is 0.259 e. The Bertz CT molecular complexity index is 933. The molecule has 0 unspecified atom stereocenters. The van der Waals surface area contributed by atoms with E-state index in [4.69, 9.17) is 0 Å². The van der Waals surface area contributed by atoms with Crippen molar-refractivity contribution in [3.8, 4) is 0 Å². The number of rotatable bonds is 7. The second-order valence-corrected chi connectivity index (χ2v) is 8.85. The molecular formula is C22H32N4O2S. The van der Waals surface area contributed by atoms with Gasteiger partial charge in [-0.15, -0.1) is 11.3 Å². The highest BCUT2D eigenvalue weighted by atomic mass is 32.1. The van der Waals surface area contributed by atoms with E-state index in [1.165, 1.54) is 6.42 Å². The van der Waals surface area contributed by atoms with E-state index in [0.717, 1.165) is 48.1 Å². The molecule has 6 nitrogen and oxygen atoms in total. The maximum absolute atomic E-state index is 13.3. The predicted molar refractivity (Wildman–Crippen MR) is 118 cm³/mol. The van der Waals surface area contributed by atoms with Gasteiger partial charge in [-0.1, -0.05) is 13.8 Å². The van der Waals surface area contributed by atoms with Crippen LogP contribution in [0.3, 0.4) is 0 Å². The molecule has 29 heavy (non-hydrogen) atoms. The Morgan fingerprint density at radius 2 is 2.10 bits per heavy atom. The summed E-state index contributed by atoms with van der Waals surface area (Å²) in [5, 5.41) is 2.86. The highest BCUT2D eigenvalue weighted by Gasteiger charge is 2.27. The van der Waals surface area contributed by atoms with Gasteiger partial charge in [-0.3, -0.25) is 14.5 Å². The van der Waals surface area contributed by atoms with Crippen molar-refractivity contribution in [3.05, 3.63) is 49.3 Å². The fourth-order valence-corrected chi connectivity index (χ4v) is 5.17. The summed E-state index contributed by atoms with van der Waals surface area (Å²) in [6, 6.07) is 2.09. The molecule has 1 aliphatic rings. The van der Waals surface area contributed by atoms with E-state index in [-0.39, 0.29) is 11.3 Å². The summed E-state index contributed by atoms with van der Waals surface area (Å²) in [6.45, 7) is 11.6. The molecule has 0 N–H and O–H groups in total. The first-order chi connectivity index (χ1) is 13.8. The molecule has 2 aromatic heterocycles. The van der Waals surface area contributed by atoms with Gasteiger partial charge in [0.05, 0.1) is 6.54 Å². The highest BCUT2D eigenvalue weighted by molar-refractivity contribution is 7.09. The van der Waals surface area contributed by atoms with Gasteiger partial charge < -0.3 is 9.47 Å². The molecular weight excluding hydrogens is 384 g/mol. The molecule has 0 saturated carbocycles. The van der Waals surface area contributed by atoms with Crippen molar-refractivity contribution in [1.82, 2.24) is 19.4 Å². The molecule has 0 spiro atoms. The minimum Gasteiger partial charge on any atom is -0.346 e. The Labute approximate surface area is 177 Å². The second-order valence-electron chi connectivity index (χ2n) is 7.90. The summed E-state index contributed by atoms with van der Waals surface area (Å²) in [5.74, 6) is -0.216. The van der Waals surface area contributed by atoms with Crippen molar-refractivity contribution in [2.45, 2.75) is 66.1 Å². The molecule has 0 aromatic carbocycles. The standard InChI is InChI=1S/C22H32N4O2S/c1-6-18-21(22(28)24(5)13-20-23-15(3)14-29-20)19(27)11-16(4)26(18)12-17-9-8-10-25(17)7-2/h11,14,17H,6-10,12-13H2,1-5H3/t17-/m0/s1. The van der Waals surface area contributed by atoms with Crippen molar-refractivity contribution in [1.29, 1.82) is 0 Å². The Morgan fingerprint density at radius 3 is 2.72 bits per heavy atom. The topological polar surface area (TPSA) is 58.4 Å². The molecule has 1 aliphatic heterocycles. The van der Waals surface area contributed by atoms with Crippen LogP contribution in [0.5, 0.6) is 0 Å². The lowest BCUT2D eigenvalue weighted by atomic mass is 10.1. The lowest BCUT2D eigenvalue weighted by Crippen LogP contribution is -2.37. The van der Waals surface area contributed by atoms with Gasteiger partial charge in [0.2, 0.25) is 0 Å². The number of pyridine rings is 1. The number of aryl methyl sites for hydroxylation is 2. The van der Waals surface area contributed by atoms with E-state index >= 15 is 0 Å². The van der Waals surface area contributed by atoms with Gasteiger partial charge in [-0.05, 0) is 46.2 Å². The number of hydrogen-bond acceptors (Lipinski definition) is 5. The van der Waals surface area contributed by atoms with E-state index in [9.17, 15) is 9.59 Å². The van der Waals surface area contributed by atoms with Crippen LogP contribution in [0.4, 0.5) is 0 Å². The number of aromatic nitrogens is 2. The van der Waals surface area contributed by atoms with Crippen molar-refractivity contribution in [2.75, 3.05) is 20.1 Å². The van der Waals surface area contributed by atoms with Crippen LogP contribution >= 0.6 is 11.3 Å². The molecule has 1 saturated heterocycles. The van der Waals surface area contributed by atoms with Gasteiger partial charge in [0.25, 0.3) is 5.91 Å². The monoisotopic (exact) mass is 416 g/mol. The number of likely N-dealkylation sites (tertiary alicyclic amines) is 1. The van der Waals surface area contributed by atoms with E-state index < -0.39 is 0 Å². The maximum atomic E-state index is 13.3. The van der Waals surface area contributed by atoms with Crippen molar-refractivity contribution < 1.29 is 4.79 Å². The summed E-state index contributed by atoms with van der Waals surface area (Å²) in [4.78, 5) is 34.7. The van der Waals surface area contributed by atoms with Gasteiger partial charge in [-0.2, -0.15) is 0 Å². The molecule has 2 aromatic rings. The smallest absolute Gasteiger partial charge is 0.259 e. The number of hydrogen-bond donors (Lipinski definition) is 0. The third-order valence-corrected chi connectivity index (χ3v) is 6.81. The normalized spacial score (nSPS) is 17.1. The van der Waals surface area contributed by atoms with E-state index in [1.807, 2.05) is 26.2 Å². The molecule has 0 bridgehead atoms. The SMILES string of the molecule is CCc1c(C(=O)N(C)Cc2nc(C)cs2)c(=O)cc(C)n1C[C@@H]1CCCN1CC. The number of carbonyl (C=O) groups excluding carboxylic acids is 1. The van der Waals surface area contributed by atoms with Crippen LogP contribution in [0.15, 0.2) is 16.2 Å². The summed E-state index contributed by atoms with van der Waals surface area (Å²) in [7, 11) is 1.75. The Hall–Kier alpha value is -1.99. The zero-order valence-corrected chi connectivity index (χ0v) is 19.0. The fourth-order valence-electron chi connectivity index (χ4n) is 4.35. The van der Waals surface area contributed by atoms with Gasteiger partial charge in [-0.25, -0.2) is 4.98 Å². The van der Waals surface area contributed by atoms with Gasteiger partial charge in [0.1, 0.15) is 10.6 Å². The number of carbonyl (C=O) groups is 1. The molecule has 0 radical (unpaired) electrons. The summed E-state index contributed by atoms with van der Waals surface area (Å²) >= 11 is 1.54. The third kappa shape index (κ3) is 4.61.